The van der Waals surface area contributed by atoms with E-state index in [4.69, 9.17) is 9.47 Å². The average Bonchev–Trinajstić information content (AvgIpc) is 3.58. The number of hydrogen-bond donors (Lipinski definition) is 2. The van der Waals surface area contributed by atoms with Crippen LogP contribution >= 0.6 is 0 Å². The number of hydrogen-bond acceptors (Lipinski definition) is 10. The Morgan fingerprint density at radius 3 is 2.55 bits per heavy atom. The van der Waals surface area contributed by atoms with Crippen molar-refractivity contribution < 1.29 is 31.8 Å². The van der Waals surface area contributed by atoms with E-state index in [1.807, 2.05) is 6.07 Å². The molecule has 6 rings (SSSR count). The van der Waals surface area contributed by atoms with Crippen molar-refractivity contribution in [1.29, 1.82) is 0 Å². The van der Waals surface area contributed by atoms with Crippen LogP contribution in [0, 0.1) is 11.7 Å². The van der Waals surface area contributed by atoms with Crippen LogP contribution in [0.1, 0.15) is 19.3 Å². The number of ether oxygens (including phenoxy) is 2. The minimum atomic E-state index is -4.28. The lowest BCUT2D eigenvalue weighted by Gasteiger charge is -2.32. The highest BCUT2D eigenvalue weighted by Crippen LogP contribution is 2.37. The highest BCUT2D eigenvalue weighted by Gasteiger charge is 2.44. The van der Waals surface area contributed by atoms with Crippen LogP contribution in [0.15, 0.2) is 61.6 Å². The fraction of sp³-hybridized carbons (Fsp3) is 0.344. The average molecular weight is 653 g/mol. The normalized spacial score (nSPS) is 17.1. The maximum Gasteiger partial charge on any atom is 0.393 e. The van der Waals surface area contributed by atoms with Crippen LogP contribution < -0.4 is 25.0 Å². The molecule has 0 aliphatic carbocycles. The van der Waals surface area contributed by atoms with Crippen LogP contribution in [0.5, 0.6) is 17.4 Å². The zero-order valence-corrected chi connectivity index (χ0v) is 25.4. The molecule has 0 spiro atoms. The van der Waals surface area contributed by atoms with E-state index >= 15 is 4.39 Å². The van der Waals surface area contributed by atoms with Crippen LogP contribution in [-0.2, 0) is 4.79 Å². The Morgan fingerprint density at radius 2 is 1.85 bits per heavy atom. The number of benzene rings is 2. The fourth-order valence-electron chi connectivity index (χ4n) is 5.72. The van der Waals surface area contributed by atoms with Crippen molar-refractivity contribution in [3.63, 3.8) is 0 Å². The van der Waals surface area contributed by atoms with Crippen LogP contribution in [0.3, 0.4) is 0 Å². The number of likely N-dealkylation sites (tertiary alicyclic amines) is 1. The lowest BCUT2D eigenvalue weighted by molar-refractivity contribution is -0.168. The number of carbonyl (C=O) groups is 1. The van der Waals surface area contributed by atoms with Crippen molar-refractivity contribution in [2.75, 3.05) is 48.8 Å². The third kappa shape index (κ3) is 7.13. The number of amides is 1. The number of rotatable bonds is 9. The second-order valence-corrected chi connectivity index (χ2v) is 11.3. The lowest BCUT2D eigenvalue weighted by Crippen LogP contribution is -2.41. The molecule has 1 amide bonds. The van der Waals surface area contributed by atoms with Crippen molar-refractivity contribution in [3.05, 3.63) is 67.4 Å². The SMILES string of the molecule is C=CC(=O)N1CCC(Nc2cc3c(Nc4ccc(Oc5ccnc(N6CC[C@H](C(F)(F)F)C6)n5)cc4F)ncnc3cc2OC)CC1. The molecule has 2 N–H and O–H groups in total. The van der Waals surface area contributed by atoms with Crippen molar-refractivity contribution >= 4 is 40.0 Å². The topological polar surface area (TPSA) is 118 Å². The molecule has 246 valence electrons. The van der Waals surface area contributed by atoms with Gasteiger partial charge in [-0.05, 0) is 43.5 Å². The van der Waals surface area contributed by atoms with Gasteiger partial charge in [-0.2, -0.15) is 18.2 Å². The van der Waals surface area contributed by atoms with E-state index < -0.39 is 17.9 Å². The van der Waals surface area contributed by atoms with Gasteiger partial charge in [0.1, 0.15) is 29.5 Å². The first-order valence-electron chi connectivity index (χ1n) is 15.0. The molecule has 0 saturated carbocycles. The molecule has 0 unspecified atom stereocenters. The molecular formula is C32H32F4N8O3. The number of nitrogens with one attached hydrogen (secondary N) is 2. The van der Waals surface area contributed by atoms with Gasteiger partial charge in [0.2, 0.25) is 17.7 Å². The maximum atomic E-state index is 15.3. The van der Waals surface area contributed by atoms with Gasteiger partial charge in [-0.3, -0.25) is 4.79 Å². The highest BCUT2D eigenvalue weighted by molar-refractivity contribution is 5.95. The third-order valence-corrected chi connectivity index (χ3v) is 8.26. The summed E-state index contributed by atoms with van der Waals surface area (Å²) in [6.07, 6.45) is 1.23. The molecule has 15 heteroatoms. The molecule has 11 nitrogen and oxygen atoms in total. The van der Waals surface area contributed by atoms with E-state index in [1.54, 1.807) is 18.1 Å². The molecule has 47 heavy (non-hydrogen) atoms. The number of nitrogens with zero attached hydrogens (tertiary/aromatic N) is 6. The summed E-state index contributed by atoms with van der Waals surface area (Å²) in [5.74, 6) is -0.902. The summed E-state index contributed by atoms with van der Waals surface area (Å²) in [5, 5.41) is 7.16. The van der Waals surface area contributed by atoms with Crippen LogP contribution in [-0.4, -0.2) is 76.2 Å². The number of anilines is 4. The molecular weight excluding hydrogens is 620 g/mol. The molecule has 2 aliphatic heterocycles. The molecule has 0 radical (unpaired) electrons. The first-order chi connectivity index (χ1) is 22.6. The van der Waals surface area contributed by atoms with Crippen LogP contribution in [0.4, 0.5) is 40.7 Å². The van der Waals surface area contributed by atoms with E-state index in [-0.39, 0.29) is 54.7 Å². The molecule has 2 fully saturated rings. The Kier molecular flexibility index (Phi) is 8.96. The molecule has 2 aromatic carbocycles. The number of halogens is 4. The molecule has 4 heterocycles. The quantitative estimate of drug-likeness (QED) is 0.163. The van der Waals surface area contributed by atoms with E-state index in [0.29, 0.717) is 41.2 Å². The molecule has 2 aromatic heterocycles. The maximum absolute atomic E-state index is 15.3. The van der Waals surface area contributed by atoms with E-state index in [2.05, 4.69) is 37.1 Å². The molecule has 2 saturated heterocycles. The predicted octanol–water partition coefficient (Wildman–Crippen LogP) is 6.08. The Bertz CT molecular complexity index is 1780. The third-order valence-electron chi connectivity index (χ3n) is 8.26. The first-order valence-corrected chi connectivity index (χ1v) is 15.0. The highest BCUT2D eigenvalue weighted by atomic mass is 19.4. The summed E-state index contributed by atoms with van der Waals surface area (Å²) in [4.78, 5) is 32.2. The van der Waals surface area contributed by atoms with Gasteiger partial charge in [-0.1, -0.05) is 6.58 Å². The molecule has 1 atom stereocenters. The summed E-state index contributed by atoms with van der Waals surface area (Å²) in [6, 6.07) is 9.35. The standard InChI is InChI=1S/C32H32F4N8O3/c1-3-29(45)43-12-8-20(9-13-43)40-26-15-22-25(16-27(26)46-2)38-18-39-30(22)41-24-5-4-21(14-23(24)33)47-28-6-10-37-31(42-28)44-11-7-19(17-44)32(34,35)36/h3-6,10,14-16,18-20,40H,1,7-9,11-13,17H2,2H3,(H,38,39,41)/t19-/m0/s1. The fourth-order valence-corrected chi connectivity index (χ4v) is 5.72. The van der Waals surface area contributed by atoms with Crippen molar-refractivity contribution in [3.8, 4) is 17.4 Å². The monoisotopic (exact) mass is 652 g/mol. The molecule has 2 aliphatic rings. The number of aromatic nitrogens is 4. The van der Waals surface area contributed by atoms with E-state index in [1.165, 1.54) is 47.8 Å². The van der Waals surface area contributed by atoms with Gasteiger partial charge in [0.05, 0.1) is 29.9 Å². The lowest BCUT2D eigenvalue weighted by atomic mass is 10.0. The zero-order chi connectivity index (χ0) is 33.1. The zero-order valence-electron chi connectivity index (χ0n) is 25.4. The van der Waals surface area contributed by atoms with E-state index in [9.17, 15) is 18.0 Å². The Morgan fingerprint density at radius 1 is 1.04 bits per heavy atom. The number of alkyl halides is 3. The summed E-state index contributed by atoms with van der Waals surface area (Å²) >= 11 is 0. The van der Waals surface area contributed by atoms with Crippen molar-refractivity contribution in [1.82, 2.24) is 24.8 Å². The smallest absolute Gasteiger partial charge is 0.393 e. The van der Waals surface area contributed by atoms with Gasteiger partial charge in [0.15, 0.2) is 0 Å². The van der Waals surface area contributed by atoms with Gasteiger partial charge in [-0.15, -0.1) is 0 Å². The van der Waals surface area contributed by atoms with Crippen molar-refractivity contribution in [2.45, 2.75) is 31.5 Å². The minimum Gasteiger partial charge on any atom is -0.495 e. The van der Waals surface area contributed by atoms with Gasteiger partial charge < -0.3 is 29.9 Å². The van der Waals surface area contributed by atoms with Crippen molar-refractivity contribution in [2.24, 2.45) is 5.92 Å². The minimum absolute atomic E-state index is 0.0381. The second kappa shape index (κ2) is 13.3. The molecule has 4 aromatic rings. The Balaban J connectivity index is 1.16. The first kappa shape index (κ1) is 31.8. The van der Waals surface area contributed by atoms with Crippen LogP contribution in [0.2, 0.25) is 0 Å². The van der Waals surface area contributed by atoms with Crippen LogP contribution in [0.25, 0.3) is 10.9 Å². The largest absolute Gasteiger partial charge is 0.495 e. The number of methoxy groups -OCH3 is 1. The summed E-state index contributed by atoms with van der Waals surface area (Å²) in [6.45, 7) is 4.70. The van der Waals surface area contributed by atoms with Gasteiger partial charge in [0, 0.05) is 62.0 Å². The number of fused-ring (bicyclic) bond motifs is 1. The predicted molar refractivity (Wildman–Crippen MR) is 168 cm³/mol. The van der Waals surface area contributed by atoms with Gasteiger partial charge >= 0.3 is 6.18 Å². The van der Waals surface area contributed by atoms with E-state index in [0.717, 1.165) is 12.8 Å². The summed E-state index contributed by atoms with van der Waals surface area (Å²) in [7, 11) is 1.56. The number of piperidine rings is 1. The Hall–Kier alpha value is -5.21. The second-order valence-electron chi connectivity index (χ2n) is 11.3. The summed E-state index contributed by atoms with van der Waals surface area (Å²) in [5.41, 5.74) is 1.42. The Labute approximate surface area is 267 Å². The number of carbonyl (C=O) groups excluding carboxylic acids is 1. The molecule has 0 bridgehead atoms. The summed E-state index contributed by atoms with van der Waals surface area (Å²) < 4.78 is 66.0. The van der Waals surface area contributed by atoms with Gasteiger partial charge in [-0.25, -0.2) is 19.3 Å². The van der Waals surface area contributed by atoms with Gasteiger partial charge in [0.25, 0.3) is 0 Å².